The average Bonchev–Trinajstić information content (AvgIpc) is 1.57. The molecule has 6 heterocycles. The lowest BCUT2D eigenvalue weighted by atomic mass is 10.1. The van der Waals surface area contributed by atoms with E-state index in [4.69, 9.17) is 38.0 Å². The highest BCUT2D eigenvalue weighted by molar-refractivity contribution is 6.32. The van der Waals surface area contributed by atoms with E-state index in [-0.39, 0.29) is 62.1 Å². The smallest absolute Gasteiger partial charge is 0.413 e. The number of amides is 4. The maximum Gasteiger partial charge on any atom is 0.413 e. The summed E-state index contributed by atoms with van der Waals surface area (Å²) in [5.41, 5.74) is 15.1. The number of pyridine rings is 2. The summed E-state index contributed by atoms with van der Waals surface area (Å²) in [5.74, 6) is -2.99. The first-order valence-corrected chi connectivity index (χ1v) is 33.4. The van der Waals surface area contributed by atoms with Gasteiger partial charge >= 0.3 is 65.3 Å². The van der Waals surface area contributed by atoms with Crippen molar-refractivity contribution < 1.29 is 75.3 Å². The normalized spacial score (nSPS) is 10.5. The summed E-state index contributed by atoms with van der Waals surface area (Å²) in [6.45, 7) is 16.9. The van der Waals surface area contributed by atoms with E-state index in [1.54, 1.807) is 53.7 Å². The van der Waals surface area contributed by atoms with Crippen molar-refractivity contribution in [2.45, 2.75) is 113 Å². The second kappa shape index (κ2) is 41.0. The molecule has 5 aromatic carbocycles. The summed E-state index contributed by atoms with van der Waals surface area (Å²) < 4.78 is 35.6. The van der Waals surface area contributed by atoms with Crippen molar-refractivity contribution in [1.82, 2.24) is 66.7 Å². The van der Waals surface area contributed by atoms with Crippen LogP contribution in [0.1, 0.15) is 162 Å². The van der Waals surface area contributed by atoms with Gasteiger partial charge in [-0.05, 0) is 125 Å². The summed E-state index contributed by atoms with van der Waals surface area (Å²) in [4.78, 5) is 101. The van der Waals surface area contributed by atoms with Crippen molar-refractivity contribution >= 4 is 59.1 Å². The van der Waals surface area contributed by atoms with Crippen LogP contribution in [0.25, 0.3) is 0 Å². The molecule has 0 bridgehead atoms. The molecular weight excluding hydrogens is 1380 g/mol. The van der Waals surface area contributed by atoms with Gasteiger partial charge in [0, 0.05) is 30.9 Å². The van der Waals surface area contributed by atoms with Crippen LogP contribution in [0.3, 0.4) is 0 Å². The van der Waals surface area contributed by atoms with Crippen molar-refractivity contribution in [3.63, 3.8) is 0 Å². The molecule has 0 spiro atoms. The van der Waals surface area contributed by atoms with Gasteiger partial charge in [-0.2, -0.15) is 0 Å². The zero-order valence-electron chi connectivity index (χ0n) is 60.3. The monoisotopic (exact) mass is 1460 g/mol. The van der Waals surface area contributed by atoms with E-state index < -0.39 is 47.3 Å². The molecule has 0 atom stereocenters. The van der Waals surface area contributed by atoms with E-state index in [0.717, 1.165) is 55.8 Å². The van der Waals surface area contributed by atoms with Gasteiger partial charge in [-0.25, -0.2) is 29.1 Å². The number of Topliss-reactive ketones (excluding diaryl/α,β-unsaturated/α-hetero) is 1. The molecule has 556 valence electrons. The van der Waals surface area contributed by atoms with E-state index in [2.05, 4.69) is 76.8 Å². The molecule has 7 N–H and O–H groups in total. The van der Waals surface area contributed by atoms with Crippen LogP contribution in [-0.2, 0) is 73.8 Å². The summed E-state index contributed by atoms with van der Waals surface area (Å²) in [5, 5.41) is 49.0. The highest BCUT2D eigenvalue weighted by atomic mass is 16.6. The maximum absolute atomic E-state index is 12.5. The Morgan fingerprint density at radius 3 is 1.22 bits per heavy atom. The number of ketones is 1. The van der Waals surface area contributed by atoms with Gasteiger partial charge in [0.15, 0.2) is 5.78 Å². The second-order valence-electron chi connectivity index (χ2n) is 24.1. The number of carboxylic acid groups (broad SMARTS) is 1. The van der Waals surface area contributed by atoms with Gasteiger partial charge in [0.05, 0.1) is 45.4 Å². The third kappa shape index (κ3) is 28.0. The number of nitrogens with zero attached hydrogens (tertiary/aromatic N) is 10. The van der Waals surface area contributed by atoms with Crippen molar-refractivity contribution in [3.8, 4) is 0 Å². The van der Waals surface area contributed by atoms with Crippen LogP contribution in [0, 0.1) is 27.7 Å². The molecule has 11 aromatic rings. The molecule has 0 radical (unpaired) electrons. The van der Waals surface area contributed by atoms with Gasteiger partial charge in [-0.1, -0.05) is 152 Å². The summed E-state index contributed by atoms with van der Waals surface area (Å²) in [7, 11) is 0. The number of carbonyl (C=O) groups excluding carboxylic acids is 7. The Balaban J connectivity index is 0.000000192. The number of aromatic carboxylic acids is 1. The van der Waals surface area contributed by atoms with Crippen molar-refractivity contribution in [3.05, 3.63) is 272 Å². The molecule has 107 heavy (non-hydrogen) atoms. The minimum Gasteiger partial charge on any atom is -0.474 e. The third-order valence-electron chi connectivity index (χ3n) is 14.4. The van der Waals surface area contributed by atoms with Gasteiger partial charge in [-0.15, -0.1) is 40.8 Å². The Bertz CT molecular complexity index is 4670. The molecule has 0 aliphatic heterocycles. The summed E-state index contributed by atoms with van der Waals surface area (Å²) in [6, 6.07) is 51.3. The number of nitrogen functional groups attached to an aromatic ring is 1. The molecular formula is C76H81N15O16. The lowest BCUT2D eigenvalue weighted by Crippen LogP contribution is -2.36. The molecule has 0 saturated heterocycles. The van der Waals surface area contributed by atoms with E-state index in [9.17, 15) is 38.4 Å². The Hall–Kier alpha value is -13.5. The Morgan fingerprint density at radius 2 is 0.841 bits per heavy atom. The second-order valence-corrected chi connectivity index (χ2v) is 24.1. The SMILES string of the molecule is CCOC(=O)C(=O)NCC(=O)Cc1ccccc1.CCOC(=O)c1nnc(Cc2ccccc2)o1.Cc1cc(N)nc(C)c1CNC(=O)c1nnc(Cc2ccccc2)o1.Cc1cc(NC(=O)OC(C)(C)C)nc(C)c1CNC(=O)c1nnc(Cc2ccccc2)o1.O=C(O)c1nnc(Cc2ccccc2)o1. The minimum atomic E-state index is -1.21. The molecule has 31 nitrogen and oxygen atoms in total. The maximum atomic E-state index is 12.5. The summed E-state index contributed by atoms with van der Waals surface area (Å²) in [6.07, 6.45) is 1.54. The zero-order valence-corrected chi connectivity index (χ0v) is 60.3. The summed E-state index contributed by atoms with van der Waals surface area (Å²) >= 11 is 0. The number of benzene rings is 5. The predicted molar refractivity (Wildman–Crippen MR) is 386 cm³/mol. The number of nitrogens with two attached hydrogens (primary N) is 1. The van der Waals surface area contributed by atoms with Crippen LogP contribution >= 0.6 is 0 Å². The molecule has 31 heteroatoms. The first kappa shape index (κ1) is 80.8. The molecule has 0 saturated carbocycles. The topological polar surface area (TPSA) is 440 Å². The number of rotatable bonds is 23. The van der Waals surface area contributed by atoms with Crippen molar-refractivity contribution in [2.75, 3.05) is 30.8 Å². The number of nitrogens with one attached hydrogen (secondary N) is 4. The molecule has 0 unspecified atom stereocenters. The molecule has 0 aliphatic rings. The molecule has 11 rings (SSSR count). The largest absolute Gasteiger partial charge is 0.474 e. The number of carbonyl (C=O) groups is 8. The number of ether oxygens (including phenoxy) is 3. The van der Waals surface area contributed by atoms with E-state index >= 15 is 0 Å². The Morgan fingerprint density at radius 1 is 0.467 bits per heavy atom. The zero-order chi connectivity index (χ0) is 77.3. The fraction of sp³-hybridized carbons (Fsp3) is 0.263. The first-order chi connectivity index (χ1) is 51.3. The number of anilines is 2. The van der Waals surface area contributed by atoms with Crippen LogP contribution < -0.4 is 27.0 Å². The first-order valence-electron chi connectivity index (χ1n) is 33.4. The Labute approximate surface area is 614 Å². The highest BCUT2D eigenvalue weighted by Crippen LogP contribution is 2.20. The average molecular weight is 1460 g/mol. The molecule has 4 amide bonds. The third-order valence-corrected chi connectivity index (χ3v) is 14.4. The minimum absolute atomic E-state index is 0.0513. The Kier molecular flexibility index (Phi) is 31.0. The number of hydrogen-bond acceptors (Lipinski definition) is 26. The number of aromatic nitrogens is 10. The van der Waals surface area contributed by atoms with Crippen molar-refractivity contribution in [1.29, 1.82) is 0 Å². The fourth-order valence-electron chi connectivity index (χ4n) is 9.50. The van der Waals surface area contributed by atoms with Crippen LogP contribution in [0.5, 0.6) is 0 Å². The predicted octanol–water partition coefficient (Wildman–Crippen LogP) is 9.81. The van der Waals surface area contributed by atoms with E-state index in [1.807, 2.05) is 172 Å². The lowest BCUT2D eigenvalue weighted by Gasteiger charge is -2.20. The lowest BCUT2D eigenvalue weighted by molar-refractivity contribution is -0.154. The highest BCUT2D eigenvalue weighted by Gasteiger charge is 2.22. The van der Waals surface area contributed by atoms with Gasteiger partial charge < -0.3 is 58.7 Å². The van der Waals surface area contributed by atoms with Gasteiger partial charge in [0.1, 0.15) is 17.2 Å². The number of esters is 2. The van der Waals surface area contributed by atoms with Gasteiger partial charge in [0.2, 0.25) is 23.6 Å². The van der Waals surface area contributed by atoms with Crippen LogP contribution in [0.15, 0.2) is 181 Å². The van der Waals surface area contributed by atoms with Gasteiger partial charge in [-0.3, -0.25) is 24.5 Å². The van der Waals surface area contributed by atoms with Crippen LogP contribution in [0.4, 0.5) is 16.4 Å². The quantitative estimate of drug-likeness (QED) is 0.0197. The van der Waals surface area contributed by atoms with E-state index in [1.165, 1.54) is 0 Å². The fourth-order valence-corrected chi connectivity index (χ4v) is 9.50. The standard InChI is InChI=1S/C23H27N5O4.C18H19N5O2.C13H15NO4.C12H12N2O3.C10H8N2O3/c1-14-11-18(26-22(30)32-23(3,4)5)25-15(2)17(14)13-24-20(29)21-28-27-19(31-21)12-16-9-7-6-8-10-16;1-11-8-15(19)21-12(2)14(11)10-20-17(24)18-23-22-16(25-18)9-13-6-4-3-5-7-13;1-2-18-13(17)12(16)14-9-11(15)8-10-6-4-3-5-7-10;1-2-16-12(15)11-14-13-10(17-11)8-9-6-4-3-5-7-9;13-10(14)9-12-11-8(15-9)6-7-4-2-1-3-5-7/h6-11H,12-13H2,1-5H3,(H,24,29)(H,25,26,30);3-8H,9-10H2,1-2H3,(H2,19,21)(H,20,24);3-7H,2,8-9H2,1H3,(H,14,16);3-7H,2,8H2,1H3;1-5H,6H2,(H,13,14). The van der Waals surface area contributed by atoms with E-state index in [0.29, 0.717) is 73.1 Å². The molecule has 0 fully saturated rings. The van der Waals surface area contributed by atoms with Gasteiger partial charge in [0.25, 0.3) is 0 Å². The number of aryl methyl sites for hydroxylation is 4. The number of carboxylic acids is 1. The number of hydrogen-bond donors (Lipinski definition) is 6. The molecule has 6 aromatic heterocycles. The van der Waals surface area contributed by atoms with Crippen LogP contribution in [-0.4, -0.2) is 129 Å². The molecule has 0 aliphatic carbocycles. The van der Waals surface area contributed by atoms with Crippen LogP contribution in [0.2, 0.25) is 0 Å². The van der Waals surface area contributed by atoms with Crippen molar-refractivity contribution in [2.24, 2.45) is 0 Å².